The average molecular weight is 412 g/mol. The molecule has 29 heavy (non-hydrogen) atoms. The Morgan fingerprint density at radius 1 is 1.28 bits per heavy atom. The van der Waals surface area contributed by atoms with E-state index in [2.05, 4.69) is 10.2 Å². The first kappa shape index (κ1) is 18.5. The third-order valence-corrected chi connectivity index (χ3v) is 7.30. The van der Waals surface area contributed by atoms with Crippen molar-refractivity contribution in [2.24, 2.45) is 11.8 Å². The normalized spacial score (nSPS) is 26.5. The lowest BCUT2D eigenvalue weighted by Gasteiger charge is -2.41. The van der Waals surface area contributed by atoms with E-state index in [1.165, 1.54) is 6.07 Å². The van der Waals surface area contributed by atoms with Crippen LogP contribution in [0.3, 0.4) is 0 Å². The number of hydrogen-bond donors (Lipinski definition) is 2. The van der Waals surface area contributed by atoms with Gasteiger partial charge in [-0.25, -0.2) is 4.39 Å². The molecule has 1 saturated heterocycles. The second-order valence-electron chi connectivity index (χ2n) is 8.02. The maximum atomic E-state index is 14.5. The summed E-state index contributed by atoms with van der Waals surface area (Å²) in [5.41, 5.74) is 0.310. The third kappa shape index (κ3) is 3.09. The van der Waals surface area contributed by atoms with E-state index in [1.807, 2.05) is 17.5 Å². The smallest absolute Gasteiger partial charge is 0.274 e. The molecule has 5 rings (SSSR count). The first-order chi connectivity index (χ1) is 14.1. The first-order valence-electron chi connectivity index (χ1n) is 9.92. The number of aromatic amines is 1. The van der Waals surface area contributed by atoms with Crippen LogP contribution < -0.4 is 0 Å². The van der Waals surface area contributed by atoms with Gasteiger partial charge in [0.15, 0.2) is 5.69 Å². The largest absolute Gasteiger partial charge is 0.385 e. The standard InChI is InChI=1S/C22H22FN3O2S/c23-17-7-2-1-6-15(17)22(28)9-3-5-14-12-26(13-16(14)22)21(27)19-11-18(24-25-19)20-8-4-10-29-20/h1-2,4,6-8,10-11,14,16,28H,3,5,9,12-13H2,(H,24,25)/t14-,16+,22+/m1/s1. The molecule has 3 heterocycles. The monoisotopic (exact) mass is 411 g/mol. The van der Waals surface area contributed by atoms with Gasteiger partial charge in [-0.1, -0.05) is 24.3 Å². The van der Waals surface area contributed by atoms with Crippen LogP contribution >= 0.6 is 11.3 Å². The Labute approximate surface area is 172 Å². The molecule has 2 N–H and O–H groups in total. The molecule has 0 spiro atoms. The number of aliphatic hydroxyl groups is 1. The van der Waals surface area contributed by atoms with E-state index < -0.39 is 5.60 Å². The van der Waals surface area contributed by atoms with Crippen molar-refractivity contribution in [2.75, 3.05) is 13.1 Å². The van der Waals surface area contributed by atoms with Gasteiger partial charge < -0.3 is 10.0 Å². The number of likely N-dealkylation sites (tertiary alicyclic amines) is 1. The number of nitrogens with one attached hydrogen (secondary N) is 1. The molecular formula is C22H22FN3O2S. The molecule has 2 aromatic heterocycles. The fourth-order valence-electron chi connectivity index (χ4n) is 4.99. The minimum Gasteiger partial charge on any atom is -0.385 e. The quantitative estimate of drug-likeness (QED) is 0.684. The van der Waals surface area contributed by atoms with Gasteiger partial charge in [0, 0.05) is 24.6 Å². The number of benzene rings is 1. The van der Waals surface area contributed by atoms with Crippen molar-refractivity contribution in [1.82, 2.24) is 15.1 Å². The number of nitrogens with zero attached hydrogens (tertiary/aromatic N) is 2. The van der Waals surface area contributed by atoms with Crippen LogP contribution in [-0.2, 0) is 5.60 Å². The van der Waals surface area contributed by atoms with E-state index in [-0.39, 0.29) is 23.6 Å². The van der Waals surface area contributed by atoms with Gasteiger partial charge in [0.25, 0.3) is 5.91 Å². The highest BCUT2D eigenvalue weighted by atomic mass is 32.1. The fraction of sp³-hybridized carbons (Fsp3) is 0.364. The van der Waals surface area contributed by atoms with E-state index in [0.717, 1.165) is 23.4 Å². The topological polar surface area (TPSA) is 69.2 Å². The van der Waals surface area contributed by atoms with Crippen molar-refractivity contribution < 1.29 is 14.3 Å². The summed E-state index contributed by atoms with van der Waals surface area (Å²) < 4.78 is 14.5. The SMILES string of the molecule is O=C(c1cc(-c2cccs2)[nH]n1)N1C[C@H]2CCC[C@](O)(c3ccccc3F)[C@H]2C1. The molecule has 1 aromatic carbocycles. The predicted molar refractivity (Wildman–Crippen MR) is 109 cm³/mol. The van der Waals surface area contributed by atoms with E-state index in [9.17, 15) is 14.3 Å². The Kier molecular flexibility index (Phi) is 4.52. The van der Waals surface area contributed by atoms with Crippen LogP contribution in [0.4, 0.5) is 4.39 Å². The van der Waals surface area contributed by atoms with E-state index >= 15 is 0 Å². The molecule has 150 valence electrons. The number of aromatic nitrogens is 2. The highest BCUT2D eigenvalue weighted by molar-refractivity contribution is 7.13. The molecular weight excluding hydrogens is 389 g/mol. The fourth-order valence-corrected chi connectivity index (χ4v) is 5.68. The number of H-pyrrole nitrogens is 1. The predicted octanol–water partition coefficient (Wildman–Crippen LogP) is 4.04. The summed E-state index contributed by atoms with van der Waals surface area (Å²) in [7, 11) is 0. The zero-order valence-electron chi connectivity index (χ0n) is 15.8. The Morgan fingerprint density at radius 3 is 2.93 bits per heavy atom. The number of carbonyl (C=O) groups excluding carboxylic acids is 1. The van der Waals surface area contributed by atoms with Crippen LogP contribution in [0.1, 0.15) is 35.3 Å². The molecule has 1 saturated carbocycles. The zero-order chi connectivity index (χ0) is 20.0. The Hall–Kier alpha value is -2.51. The Balaban J connectivity index is 1.39. The molecule has 2 aliphatic rings. The number of halogens is 1. The molecule has 1 aliphatic heterocycles. The summed E-state index contributed by atoms with van der Waals surface area (Å²) in [4.78, 5) is 15.9. The Bertz CT molecular complexity index is 1030. The van der Waals surface area contributed by atoms with Gasteiger partial charge >= 0.3 is 0 Å². The molecule has 7 heteroatoms. The van der Waals surface area contributed by atoms with Gasteiger partial charge in [-0.2, -0.15) is 5.10 Å². The molecule has 1 aliphatic carbocycles. The summed E-state index contributed by atoms with van der Waals surface area (Å²) in [6.45, 7) is 0.983. The molecule has 0 bridgehead atoms. The van der Waals surface area contributed by atoms with Gasteiger partial charge in [0.05, 0.1) is 16.2 Å². The highest BCUT2D eigenvalue weighted by Gasteiger charge is 2.51. The van der Waals surface area contributed by atoms with E-state index in [1.54, 1.807) is 40.5 Å². The second-order valence-corrected chi connectivity index (χ2v) is 8.96. The Morgan fingerprint density at radius 2 is 2.14 bits per heavy atom. The van der Waals surface area contributed by atoms with Gasteiger partial charge in [-0.15, -0.1) is 11.3 Å². The van der Waals surface area contributed by atoms with Crippen LogP contribution in [0, 0.1) is 17.7 Å². The summed E-state index contributed by atoms with van der Waals surface area (Å²) in [6, 6.07) is 12.2. The minimum atomic E-state index is -1.24. The minimum absolute atomic E-state index is 0.144. The maximum Gasteiger partial charge on any atom is 0.274 e. The van der Waals surface area contributed by atoms with Crippen molar-refractivity contribution in [3.63, 3.8) is 0 Å². The molecule has 3 atom stereocenters. The molecule has 0 unspecified atom stereocenters. The van der Waals surface area contributed by atoms with Crippen LogP contribution in [0.25, 0.3) is 10.6 Å². The first-order valence-corrected chi connectivity index (χ1v) is 10.8. The van der Waals surface area contributed by atoms with Crippen LogP contribution in [0.2, 0.25) is 0 Å². The number of carbonyl (C=O) groups is 1. The number of hydrogen-bond acceptors (Lipinski definition) is 4. The van der Waals surface area contributed by atoms with Crippen LogP contribution in [0.5, 0.6) is 0 Å². The van der Waals surface area contributed by atoms with Crippen molar-refractivity contribution in [3.05, 3.63) is 64.9 Å². The number of fused-ring (bicyclic) bond motifs is 1. The van der Waals surface area contributed by atoms with Crippen molar-refractivity contribution >= 4 is 17.2 Å². The van der Waals surface area contributed by atoms with Crippen molar-refractivity contribution in [2.45, 2.75) is 24.9 Å². The van der Waals surface area contributed by atoms with Crippen LogP contribution in [-0.4, -0.2) is 39.2 Å². The summed E-state index contributed by atoms with van der Waals surface area (Å²) in [6.07, 6.45) is 2.27. The lowest BCUT2D eigenvalue weighted by atomic mass is 9.67. The third-order valence-electron chi connectivity index (χ3n) is 6.40. The molecule has 2 fully saturated rings. The number of rotatable bonds is 3. The van der Waals surface area contributed by atoms with Crippen LogP contribution in [0.15, 0.2) is 47.8 Å². The molecule has 1 amide bonds. The number of amides is 1. The van der Waals surface area contributed by atoms with Gasteiger partial charge in [0.2, 0.25) is 0 Å². The van der Waals surface area contributed by atoms with Gasteiger partial charge in [-0.05, 0) is 48.8 Å². The van der Waals surface area contributed by atoms with Crippen molar-refractivity contribution in [1.29, 1.82) is 0 Å². The molecule has 5 nitrogen and oxygen atoms in total. The summed E-state index contributed by atoms with van der Waals surface area (Å²) >= 11 is 1.58. The maximum absolute atomic E-state index is 14.5. The summed E-state index contributed by atoms with van der Waals surface area (Å²) in [5, 5.41) is 20.6. The summed E-state index contributed by atoms with van der Waals surface area (Å²) in [5.74, 6) is -0.538. The lowest BCUT2D eigenvalue weighted by molar-refractivity contribution is -0.0668. The zero-order valence-corrected chi connectivity index (χ0v) is 16.7. The van der Waals surface area contributed by atoms with E-state index in [4.69, 9.17) is 0 Å². The lowest BCUT2D eigenvalue weighted by Crippen LogP contribution is -2.43. The molecule has 0 radical (unpaired) electrons. The highest BCUT2D eigenvalue weighted by Crippen LogP contribution is 2.49. The van der Waals surface area contributed by atoms with Gasteiger partial charge in [-0.3, -0.25) is 9.89 Å². The van der Waals surface area contributed by atoms with Gasteiger partial charge in [0.1, 0.15) is 5.82 Å². The van der Waals surface area contributed by atoms with Crippen molar-refractivity contribution in [3.8, 4) is 10.6 Å². The average Bonchev–Trinajstić information content (AvgIpc) is 3.47. The van der Waals surface area contributed by atoms with E-state index in [0.29, 0.717) is 30.8 Å². The molecule has 3 aromatic rings. The number of thiophene rings is 1. The second kappa shape index (κ2) is 7.07.